The molecule has 12 heteroatoms. The van der Waals surface area contributed by atoms with E-state index in [9.17, 15) is 26.8 Å². The highest BCUT2D eigenvalue weighted by Gasteiger charge is 2.31. The summed E-state index contributed by atoms with van der Waals surface area (Å²) in [6.45, 7) is 1.96. The van der Waals surface area contributed by atoms with Crippen molar-refractivity contribution in [3.63, 3.8) is 0 Å². The van der Waals surface area contributed by atoms with Crippen LogP contribution in [0.1, 0.15) is 30.9 Å². The van der Waals surface area contributed by atoms with Crippen molar-refractivity contribution in [2.75, 3.05) is 23.7 Å². The topological polar surface area (TPSA) is 86.8 Å². The van der Waals surface area contributed by atoms with Crippen LogP contribution in [-0.2, 0) is 32.6 Å². The average molecular weight is 627 g/mol. The Bertz CT molecular complexity index is 1480. The van der Waals surface area contributed by atoms with Crippen LogP contribution in [0.4, 0.5) is 14.5 Å². The van der Waals surface area contributed by atoms with Crippen LogP contribution >= 0.6 is 23.2 Å². The van der Waals surface area contributed by atoms with Crippen LogP contribution < -0.4 is 9.62 Å². The van der Waals surface area contributed by atoms with Gasteiger partial charge in [-0.2, -0.15) is 0 Å². The molecule has 1 N–H and O–H groups in total. The minimum atomic E-state index is -3.88. The van der Waals surface area contributed by atoms with Gasteiger partial charge in [0.1, 0.15) is 6.04 Å². The number of anilines is 1. The number of nitrogens with zero attached hydrogens (tertiary/aromatic N) is 2. The van der Waals surface area contributed by atoms with Gasteiger partial charge in [-0.15, -0.1) is 0 Å². The summed E-state index contributed by atoms with van der Waals surface area (Å²) < 4.78 is 53.1. The van der Waals surface area contributed by atoms with E-state index in [2.05, 4.69) is 5.32 Å². The molecule has 0 aromatic heterocycles. The van der Waals surface area contributed by atoms with Gasteiger partial charge in [0.05, 0.1) is 11.9 Å². The molecule has 0 aliphatic carbocycles. The van der Waals surface area contributed by atoms with Gasteiger partial charge in [0.2, 0.25) is 21.8 Å². The highest BCUT2D eigenvalue weighted by molar-refractivity contribution is 7.92. The van der Waals surface area contributed by atoms with Crippen molar-refractivity contribution in [1.82, 2.24) is 10.2 Å². The molecular formula is C29H31Cl2F2N3O4S. The highest BCUT2D eigenvalue weighted by Crippen LogP contribution is 2.25. The van der Waals surface area contributed by atoms with Crippen molar-refractivity contribution in [2.24, 2.45) is 0 Å². The molecule has 0 unspecified atom stereocenters. The van der Waals surface area contributed by atoms with E-state index in [0.717, 1.165) is 34.3 Å². The second kappa shape index (κ2) is 14.6. The third-order valence-corrected chi connectivity index (χ3v) is 8.10. The van der Waals surface area contributed by atoms with Crippen molar-refractivity contribution >= 4 is 50.7 Å². The first-order valence-electron chi connectivity index (χ1n) is 12.9. The van der Waals surface area contributed by atoms with Crippen molar-refractivity contribution in [3.05, 3.63) is 99.5 Å². The van der Waals surface area contributed by atoms with E-state index in [4.69, 9.17) is 23.2 Å². The largest absolute Gasteiger partial charge is 0.355 e. The van der Waals surface area contributed by atoms with Crippen molar-refractivity contribution in [3.8, 4) is 0 Å². The zero-order chi connectivity index (χ0) is 30.2. The lowest BCUT2D eigenvalue weighted by atomic mass is 10.0. The Kier molecular flexibility index (Phi) is 11.5. The number of nitrogens with one attached hydrogen (secondary N) is 1. The summed E-state index contributed by atoms with van der Waals surface area (Å²) in [6, 6.07) is 16.0. The lowest BCUT2D eigenvalue weighted by molar-refractivity contribution is -0.141. The van der Waals surface area contributed by atoms with Crippen LogP contribution in [0.25, 0.3) is 0 Å². The van der Waals surface area contributed by atoms with E-state index in [1.165, 1.54) is 4.90 Å². The van der Waals surface area contributed by atoms with Crippen LogP contribution in [-0.4, -0.2) is 50.5 Å². The van der Waals surface area contributed by atoms with E-state index < -0.39 is 33.6 Å². The number of carbonyl (C=O) groups is 2. The third kappa shape index (κ3) is 9.14. The first kappa shape index (κ1) is 32.3. The van der Waals surface area contributed by atoms with Gasteiger partial charge in [-0.05, 0) is 48.7 Å². The molecule has 3 rings (SSSR count). The average Bonchev–Trinajstić information content (AvgIpc) is 2.91. The zero-order valence-electron chi connectivity index (χ0n) is 22.6. The molecule has 1 atom stereocenters. The quantitative estimate of drug-likeness (QED) is 0.268. The fraction of sp³-hybridized carbons (Fsp3) is 0.310. The van der Waals surface area contributed by atoms with Gasteiger partial charge in [0.15, 0.2) is 11.6 Å². The minimum Gasteiger partial charge on any atom is -0.355 e. The predicted octanol–water partition coefficient (Wildman–Crippen LogP) is 5.59. The Labute approximate surface area is 249 Å². The lowest BCUT2D eigenvalue weighted by Crippen LogP contribution is -2.50. The Morgan fingerprint density at radius 3 is 2.29 bits per heavy atom. The predicted molar refractivity (Wildman–Crippen MR) is 157 cm³/mol. The standard InChI is InChI=1S/C29H31Cl2F2N3O4S/c1-3-34-29(38)27(16-20-8-5-4-6-9-20)35(19-21-11-12-22(30)17-24(21)31)28(37)10-7-15-36(41(2,39)40)23-13-14-25(32)26(33)18-23/h4-6,8-9,11-14,17-18,27H,3,7,10,15-16,19H2,1-2H3,(H,34,38)/t27-/m1/s1. The first-order chi connectivity index (χ1) is 19.4. The molecule has 0 aliphatic heterocycles. The van der Waals surface area contributed by atoms with Gasteiger partial charge in [-0.3, -0.25) is 13.9 Å². The van der Waals surface area contributed by atoms with Crippen LogP contribution in [0, 0.1) is 11.6 Å². The molecule has 3 aromatic rings. The third-order valence-electron chi connectivity index (χ3n) is 6.32. The summed E-state index contributed by atoms with van der Waals surface area (Å²) in [6.07, 6.45) is 1.08. The number of carbonyl (C=O) groups excluding carboxylic acids is 2. The molecule has 0 saturated carbocycles. The number of amides is 2. The minimum absolute atomic E-state index is 0.00241. The number of benzene rings is 3. The molecule has 0 heterocycles. The SMILES string of the molecule is CCNC(=O)[C@@H](Cc1ccccc1)N(Cc1ccc(Cl)cc1Cl)C(=O)CCCN(c1ccc(F)c(F)c1)S(C)(=O)=O. The van der Waals surface area contributed by atoms with Crippen LogP contribution in [0.5, 0.6) is 0 Å². The number of hydrogen-bond donors (Lipinski definition) is 1. The maximum absolute atomic E-state index is 13.8. The Balaban J connectivity index is 1.89. The van der Waals surface area contributed by atoms with Gasteiger partial charge in [-0.25, -0.2) is 17.2 Å². The normalized spacial score (nSPS) is 12.0. The summed E-state index contributed by atoms with van der Waals surface area (Å²) in [5.41, 5.74) is 1.35. The Hall–Kier alpha value is -3.21. The number of halogens is 4. The number of rotatable bonds is 13. The van der Waals surface area contributed by atoms with Gasteiger partial charge in [0, 0.05) is 48.6 Å². The molecule has 3 aromatic carbocycles. The molecular weight excluding hydrogens is 595 g/mol. The van der Waals surface area contributed by atoms with Crippen LogP contribution in [0.3, 0.4) is 0 Å². The summed E-state index contributed by atoms with van der Waals surface area (Å²) in [5.74, 6) is -3.07. The monoisotopic (exact) mass is 625 g/mol. The molecule has 0 aliphatic rings. The second-order valence-corrected chi connectivity index (χ2v) is 12.1. The number of hydrogen-bond acceptors (Lipinski definition) is 4. The summed E-state index contributed by atoms with van der Waals surface area (Å²) in [5, 5.41) is 3.54. The molecule has 0 bridgehead atoms. The fourth-order valence-corrected chi connectivity index (χ4v) is 5.75. The van der Waals surface area contributed by atoms with Crippen molar-refractivity contribution in [2.45, 2.75) is 38.8 Å². The first-order valence-corrected chi connectivity index (χ1v) is 15.5. The number of sulfonamides is 1. The van der Waals surface area contributed by atoms with E-state index in [1.54, 1.807) is 25.1 Å². The summed E-state index contributed by atoms with van der Waals surface area (Å²) in [4.78, 5) is 28.4. The smallest absolute Gasteiger partial charge is 0.243 e. The number of likely N-dealkylation sites (N-methyl/N-ethyl adjacent to an activating group) is 1. The molecule has 0 fully saturated rings. The molecule has 0 radical (unpaired) electrons. The van der Waals surface area contributed by atoms with Gasteiger partial charge >= 0.3 is 0 Å². The lowest BCUT2D eigenvalue weighted by Gasteiger charge is -2.32. The van der Waals surface area contributed by atoms with Gasteiger partial charge < -0.3 is 10.2 Å². The maximum Gasteiger partial charge on any atom is 0.243 e. The maximum atomic E-state index is 13.8. The molecule has 41 heavy (non-hydrogen) atoms. The van der Waals surface area contributed by atoms with Crippen molar-refractivity contribution in [1.29, 1.82) is 0 Å². The summed E-state index contributed by atoms with van der Waals surface area (Å²) >= 11 is 12.5. The van der Waals surface area contributed by atoms with Crippen LogP contribution in [0.15, 0.2) is 66.7 Å². The van der Waals surface area contributed by atoms with E-state index in [-0.39, 0.29) is 43.9 Å². The van der Waals surface area contributed by atoms with E-state index in [0.29, 0.717) is 22.2 Å². The second-order valence-electron chi connectivity index (χ2n) is 9.39. The Morgan fingerprint density at radius 1 is 0.976 bits per heavy atom. The molecule has 2 amide bonds. The molecule has 0 spiro atoms. The molecule has 0 saturated heterocycles. The van der Waals surface area contributed by atoms with E-state index in [1.807, 2.05) is 30.3 Å². The van der Waals surface area contributed by atoms with Crippen LogP contribution in [0.2, 0.25) is 10.0 Å². The highest BCUT2D eigenvalue weighted by atomic mass is 35.5. The van der Waals surface area contributed by atoms with Gasteiger partial charge in [0.25, 0.3) is 0 Å². The van der Waals surface area contributed by atoms with E-state index >= 15 is 0 Å². The fourth-order valence-electron chi connectivity index (χ4n) is 4.32. The van der Waals surface area contributed by atoms with Crippen molar-refractivity contribution < 1.29 is 26.8 Å². The van der Waals surface area contributed by atoms with Gasteiger partial charge in [-0.1, -0.05) is 59.6 Å². The zero-order valence-corrected chi connectivity index (χ0v) is 24.9. The Morgan fingerprint density at radius 2 is 1.68 bits per heavy atom. The molecule has 7 nitrogen and oxygen atoms in total. The summed E-state index contributed by atoms with van der Waals surface area (Å²) in [7, 11) is -3.88. The molecule has 220 valence electrons.